The number of ether oxygens (including phenoxy) is 1. The molecule has 3 heterocycles. The Balaban J connectivity index is 1.46. The number of rotatable bonds is 5. The van der Waals surface area contributed by atoms with Crippen LogP contribution >= 0.6 is 0 Å². The molecule has 1 saturated heterocycles. The van der Waals surface area contributed by atoms with Crippen LogP contribution in [0.3, 0.4) is 0 Å². The van der Waals surface area contributed by atoms with Crippen molar-refractivity contribution < 1.29 is 22.7 Å². The number of pyridine rings is 1. The third-order valence-corrected chi connectivity index (χ3v) is 4.92. The Kier molecular flexibility index (Phi) is 6.49. The number of aromatic nitrogens is 1. The van der Waals surface area contributed by atoms with Crippen LogP contribution in [0.2, 0.25) is 0 Å². The highest BCUT2D eigenvalue weighted by molar-refractivity contribution is 5.78. The summed E-state index contributed by atoms with van der Waals surface area (Å²) in [6.07, 6.45) is -0.0899. The topological polar surface area (TPSA) is 54.5 Å². The van der Waals surface area contributed by atoms with Gasteiger partial charge < -0.3 is 10.1 Å². The van der Waals surface area contributed by atoms with E-state index in [1.54, 1.807) is 6.07 Å². The molecule has 0 bridgehead atoms. The van der Waals surface area contributed by atoms with Gasteiger partial charge in [0, 0.05) is 32.8 Å². The molecule has 2 aliphatic rings. The predicted molar refractivity (Wildman–Crippen MR) is 94.8 cm³/mol. The van der Waals surface area contributed by atoms with Gasteiger partial charge in [-0.1, -0.05) is 12.1 Å². The molecule has 27 heavy (non-hydrogen) atoms. The van der Waals surface area contributed by atoms with Crippen molar-refractivity contribution >= 4 is 11.5 Å². The summed E-state index contributed by atoms with van der Waals surface area (Å²) in [6, 6.07) is 3.99. The molecule has 2 aliphatic heterocycles. The summed E-state index contributed by atoms with van der Waals surface area (Å²) in [6.45, 7) is 3.85. The normalized spacial score (nSPS) is 21.6. The van der Waals surface area contributed by atoms with E-state index >= 15 is 0 Å². The van der Waals surface area contributed by atoms with E-state index in [1.807, 2.05) is 6.08 Å². The second-order valence-electron chi connectivity index (χ2n) is 6.89. The molecule has 3 rings (SSSR count). The molecular weight excluding hydrogens is 359 g/mol. The minimum Gasteiger partial charge on any atom is -0.381 e. The third kappa shape index (κ3) is 5.52. The summed E-state index contributed by atoms with van der Waals surface area (Å²) in [5, 5.41) is 2.95. The molecule has 1 aromatic rings. The Bertz CT molecular complexity index is 685. The molecule has 1 aromatic heterocycles. The SMILES string of the molecule is O=C(NCCN1CC=C(c2cccc(C(F)(F)F)n2)CC1)C1CCCOC1. The van der Waals surface area contributed by atoms with Crippen molar-refractivity contribution in [3.8, 4) is 0 Å². The number of hydrogen-bond acceptors (Lipinski definition) is 4. The minimum absolute atomic E-state index is 0.0381. The number of carbonyl (C=O) groups excluding carboxylic acids is 1. The van der Waals surface area contributed by atoms with Crippen LogP contribution in [-0.2, 0) is 15.7 Å². The second kappa shape index (κ2) is 8.84. The number of amides is 1. The first-order valence-electron chi connectivity index (χ1n) is 9.25. The quantitative estimate of drug-likeness (QED) is 0.850. The Labute approximate surface area is 156 Å². The van der Waals surface area contributed by atoms with Gasteiger partial charge in [0.25, 0.3) is 0 Å². The molecule has 148 valence electrons. The molecule has 1 N–H and O–H groups in total. The number of halogens is 3. The lowest BCUT2D eigenvalue weighted by Crippen LogP contribution is -2.41. The maximum Gasteiger partial charge on any atom is 0.433 e. The lowest BCUT2D eigenvalue weighted by Gasteiger charge is -2.27. The fourth-order valence-electron chi connectivity index (χ4n) is 3.35. The van der Waals surface area contributed by atoms with Crippen molar-refractivity contribution in [3.63, 3.8) is 0 Å². The van der Waals surface area contributed by atoms with Gasteiger partial charge in [0.1, 0.15) is 5.69 Å². The fourth-order valence-corrected chi connectivity index (χ4v) is 3.35. The van der Waals surface area contributed by atoms with E-state index in [2.05, 4.69) is 15.2 Å². The molecule has 1 atom stereocenters. The standard InChI is InChI=1S/C19H24F3N3O2/c20-19(21,22)17-5-1-4-16(24-17)14-6-9-25(10-7-14)11-8-23-18(26)15-3-2-12-27-13-15/h1,4-6,15H,2-3,7-13H2,(H,23,26). The van der Waals surface area contributed by atoms with Crippen LogP contribution in [0.25, 0.3) is 5.57 Å². The maximum absolute atomic E-state index is 12.8. The Morgan fingerprint density at radius 2 is 2.22 bits per heavy atom. The molecule has 5 nitrogen and oxygen atoms in total. The summed E-state index contributed by atoms with van der Waals surface area (Å²) in [5.41, 5.74) is 0.355. The number of carbonyl (C=O) groups is 1. The fraction of sp³-hybridized carbons (Fsp3) is 0.579. The average Bonchev–Trinajstić information content (AvgIpc) is 2.68. The van der Waals surface area contributed by atoms with E-state index in [1.165, 1.54) is 6.07 Å². The Morgan fingerprint density at radius 3 is 2.89 bits per heavy atom. The zero-order valence-corrected chi connectivity index (χ0v) is 15.1. The van der Waals surface area contributed by atoms with E-state index < -0.39 is 11.9 Å². The highest BCUT2D eigenvalue weighted by Gasteiger charge is 2.32. The van der Waals surface area contributed by atoms with Gasteiger partial charge in [-0.3, -0.25) is 9.69 Å². The number of nitrogens with one attached hydrogen (secondary N) is 1. The van der Waals surface area contributed by atoms with Crippen molar-refractivity contribution in [1.29, 1.82) is 0 Å². The van der Waals surface area contributed by atoms with Gasteiger partial charge in [0.05, 0.1) is 18.2 Å². The first kappa shape index (κ1) is 19.8. The Hall–Kier alpha value is -1.93. The number of hydrogen-bond donors (Lipinski definition) is 1. The van der Waals surface area contributed by atoms with Gasteiger partial charge in [-0.2, -0.15) is 13.2 Å². The van der Waals surface area contributed by atoms with Crippen molar-refractivity contribution in [2.45, 2.75) is 25.4 Å². The largest absolute Gasteiger partial charge is 0.433 e. The summed E-state index contributed by atoms with van der Waals surface area (Å²) < 4.78 is 43.7. The smallest absolute Gasteiger partial charge is 0.381 e. The molecule has 1 amide bonds. The lowest BCUT2D eigenvalue weighted by atomic mass is 10.0. The highest BCUT2D eigenvalue weighted by atomic mass is 19.4. The van der Waals surface area contributed by atoms with Crippen LogP contribution in [0.5, 0.6) is 0 Å². The number of nitrogens with zero attached hydrogens (tertiary/aromatic N) is 2. The Morgan fingerprint density at radius 1 is 1.37 bits per heavy atom. The van der Waals surface area contributed by atoms with Gasteiger partial charge in [-0.25, -0.2) is 4.98 Å². The van der Waals surface area contributed by atoms with Crippen LogP contribution < -0.4 is 5.32 Å². The molecule has 0 saturated carbocycles. The van der Waals surface area contributed by atoms with Crippen molar-refractivity contribution in [2.24, 2.45) is 5.92 Å². The van der Waals surface area contributed by atoms with E-state index in [9.17, 15) is 18.0 Å². The minimum atomic E-state index is -4.43. The van der Waals surface area contributed by atoms with Gasteiger partial charge >= 0.3 is 6.18 Å². The van der Waals surface area contributed by atoms with E-state index in [4.69, 9.17) is 4.74 Å². The summed E-state index contributed by atoms with van der Waals surface area (Å²) in [7, 11) is 0. The monoisotopic (exact) mass is 383 g/mol. The van der Waals surface area contributed by atoms with E-state index in [0.717, 1.165) is 37.6 Å². The maximum atomic E-state index is 12.8. The molecule has 8 heteroatoms. The lowest BCUT2D eigenvalue weighted by molar-refractivity contribution is -0.141. The number of alkyl halides is 3. The predicted octanol–water partition coefficient (Wildman–Crippen LogP) is 2.73. The third-order valence-electron chi connectivity index (χ3n) is 4.92. The average molecular weight is 383 g/mol. The van der Waals surface area contributed by atoms with Gasteiger partial charge in [-0.15, -0.1) is 0 Å². The van der Waals surface area contributed by atoms with Gasteiger partial charge in [0.15, 0.2) is 0 Å². The van der Waals surface area contributed by atoms with Crippen LogP contribution in [0, 0.1) is 5.92 Å². The summed E-state index contributed by atoms with van der Waals surface area (Å²) in [4.78, 5) is 18.0. The van der Waals surface area contributed by atoms with Crippen LogP contribution in [0.4, 0.5) is 13.2 Å². The zero-order chi connectivity index (χ0) is 19.3. The molecule has 0 aliphatic carbocycles. The van der Waals surface area contributed by atoms with Crippen LogP contribution in [0.15, 0.2) is 24.3 Å². The first-order valence-corrected chi connectivity index (χ1v) is 9.25. The van der Waals surface area contributed by atoms with Gasteiger partial charge in [-0.05, 0) is 37.0 Å². The van der Waals surface area contributed by atoms with Crippen molar-refractivity contribution in [1.82, 2.24) is 15.2 Å². The molecule has 1 unspecified atom stereocenters. The summed E-state index contributed by atoms with van der Waals surface area (Å²) in [5.74, 6) is -0.0188. The molecule has 0 radical (unpaired) electrons. The van der Waals surface area contributed by atoms with Crippen LogP contribution in [0.1, 0.15) is 30.7 Å². The van der Waals surface area contributed by atoms with Gasteiger partial charge in [0.2, 0.25) is 5.91 Å². The summed E-state index contributed by atoms with van der Waals surface area (Å²) >= 11 is 0. The van der Waals surface area contributed by atoms with E-state index in [0.29, 0.717) is 38.4 Å². The molecule has 1 fully saturated rings. The van der Waals surface area contributed by atoms with E-state index in [-0.39, 0.29) is 11.8 Å². The van der Waals surface area contributed by atoms with Crippen molar-refractivity contribution in [3.05, 3.63) is 35.7 Å². The molecule has 0 aromatic carbocycles. The van der Waals surface area contributed by atoms with Crippen LogP contribution in [-0.4, -0.2) is 55.2 Å². The van der Waals surface area contributed by atoms with Crippen molar-refractivity contribution in [2.75, 3.05) is 39.4 Å². The molecule has 0 spiro atoms. The zero-order valence-electron chi connectivity index (χ0n) is 15.1. The highest BCUT2D eigenvalue weighted by Crippen LogP contribution is 2.29. The molecular formula is C19H24F3N3O2. The second-order valence-corrected chi connectivity index (χ2v) is 6.89. The first-order chi connectivity index (χ1) is 12.9.